The summed E-state index contributed by atoms with van der Waals surface area (Å²) in [5.41, 5.74) is 1.32. The van der Waals surface area contributed by atoms with Gasteiger partial charge in [0.15, 0.2) is 0 Å². The number of hydrogen-bond donors (Lipinski definition) is 1. The molecule has 1 aromatic carbocycles. The van der Waals surface area contributed by atoms with Crippen LogP contribution in [0, 0.1) is 11.2 Å². The van der Waals surface area contributed by atoms with Gasteiger partial charge in [0.1, 0.15) is 11.6 Å². The van der Waals surface area contributed by atoms with E-state index in [1.165, 1.54) is 12.1 Å². The number of carboxylic acids is 1. The number of rotatable bonds is 4. The molecule has 0 aliphatic heterocycles. The molecule has 112 valence electrons. The van der Waals surface area contributed by atoms with E-state index >= 15 is 0 Å². The SMILES string of the molecule is Cn1c(CC2(CC(=O)O)CCCC2)nc2ccc(F)cc21. The summed E-state index contributed by atoms with van der Waals surface area (Å²) in [7, 11) is 1.87. The fraction of sp³-hybridized carbons (Fsp3) is 0.500. The molecular formula is C16H19FN2O2. The number of nitrogens with zero attached hydrogens (tertiary/aromatic N) is 2. The van der Waals surface area contributed by atoms with Crippen molar-refractivity contribution in [3.63, 3.8) is 0 Å². The third kappa shape index (κ3) is 2.64. The average molecular weight is 290 g/mol. The monoisotopic (exact) mass is 290 g/mol. The highest BCUT2D eigenvalue weighted by Gasteiger charge is 2.37. The Hall–Kier alpha value is -1.91. The fourth-order valence-electron chi connectivity index (χ4n) is 3.57. The van der Waals surface area contributed by atoms with Gasteiger partial charge < -0.3 is 9.67 Å². The molecule has 1 N–H and O–H groups in total. The van der Waals surface area contributed by atoms with E-state index in [4.69, 9.17) is 0 Å². The number of aryl methyl sites for hydroxylation is 1. The van der Waals surface area contributed by atoms with Crippen molar-refractivity contribution in [1.29, 1.82) is 0 Å². The first-order valence-corrected chi connectivity index (χ1v) is 7.32. The van der Waals surface area contributed by atoms with Gasteiger partial charge in [-0.25, -0.2) is 9.37 Å². The molecule has 0 amide bonds. The molecular weight excluding hydrogens is 271 g/mol. The highest BCUT2D eigenvalue weighted by atomic mass is 19.1. The van der Waals surface area contributed by atoms with Gasteiger partial charge in [0.2, 0.25) is 0 Å². The van der Waals surface area contributed by atoms with Crippen LogP contribution in [0.3, 0.4) is 0 Å². The topological polar surface area (TPSA) is 55.1 Å². The lowest BCUT2D eigenvalue weighted by Gasteiger charge is -2.26. The van der Waals surface area contributed by atoms with Gasteiger partial charge in [0.05, 0.1) is 17.5 Å². The summed E-state index contributed by atoms with van der Waals surface area (Å²) in [6.45, 7) is 0. The molecule has 1 aliphatic carbocycles. The molecule has 5 heteroatoms. The van der Waals surface area contributed by atoms with Crippen molar-refractivity contribution in [2.45, 2.75) is 38.5 Å². The first-order valence-electron chi connectivity index (χ1n) is 7.32. The van der Waals surface area contributed by atoms with E-state index in [9.17, 15) is 14.3 Å². The van der Waals surface area contributed by atoms with Crippen LogP contribution < -0.4 is 0 Å². The smallest absolute Gasteiger partial charge is 0.303 e. The number of carboxylic acid groups (broad SMARTS) is 1. The lowest BCUT2D eigenvalue weighted by molar-refractivity contribution is -0.139. The van der Waals surface area contributed by atoms with Gasteiger partial charge in [-0.15, -0.1) is 0 Å². The normalized spacial score (nSPS) is 17.4. The van der Waals surface area contributed by atoms with E-state index in [1.807, 2.05) is 11.6 Å². The van der Waals surface area contributed by atoms with Crippen molar-refractivity contribution in [2.75, 3.05) is 0 Å². The lowest BCUT2D eigenvalue weighted by Crippen LogP contribution is -2.25. The molecule has 0 radical (unpaired) electrons. The highest BCUT2D eigenvalue weighted by Crippen LogP contribution is 2.43. The predicted molar refractivity (Wildman–Crippen MR) is 77.5 cm³/mol. The second-order valence-corrected chi connectivity index (χ2v) is 6.17. The first-order chi connectivity index (χ1) is 9.99. The molecule has 1 aliphatic rings. The Balaban J connectivity index is 1.96. The minimum atomic E-state index is -0.748. The van der Waals surface area contributed by atoms with E-state index in [1.54, 1.807) is 6.07 Å². The number of fused-ring (bicyclic) bond motifs is 1. The Labute approximate surface area is 122 Å². The number of carbonyl (C=O) groups is 1. The Kier molecular flexibility index (Phi) is 3.43. The summed E-state index contributed by atoms with van der Waals surface area (Å²) < 4.78 is 15.2. The molecule has 2 aromatic rings. The van der Waals surface area contributed by atoms with Crippen LogP contribution in [-0.2, 0) is 18.3 Å². The molecule has 0 atom stereocenters. The maximum absolute atomic E-state index is 13.4. The minimum absolute atomic E-state index is 0.185. The molecule has 1 saturated carbocycles. The number of aromatic nitrogens is 2. The van der Waals surface area contributed by atoms with Crippen molar-refractivity contribution < 1.29 is 14.3 Å². The number of benzene rings is 1. The Morgan fingerprint density at radius 3 is 2.81 bits per heavy atom. The van der Waals surface area contributed by atoms with Gasteiger partial charge in [-0.1, -0.05) is 12.8 Å². The zero-order valence-corrected chi connectivity index (χ0v) is 12.1. The maximum atomic E-state index is 13.4. The summed E-state index contributed by atoms with van der Waals surface area (Å²) in [5, 5.41) is 9.19. The third-order valence-electron chi connectivity index (χ3n) is 4.66. The van der Waals surface area contributed by atoms with Crippen LogP contribution in [-0.4, -0.2) is 20.6 Å². The van der Waals surface area contributed by atoms with Crippen LogP contribution in [0.15, 0.2) is 18.2 Å². The van der Waals surface area contributed by atoms with E-state index in [0.717, 1.165) is 42.5 Å². The molecule has 0 unspecified atom stereocenters. The van der Waals surface area contributed by atoms with Crippen molar-refractivity contribution in [3.05, 3.63) is 29.8 Å². The number of hydrogen-bond acceptors (Lipinski definition) is 2. The van der Waals surface area contributed by atoms with Crippen LogP contribution in [0.25, 0.3) is 11.0 Å². The van der Waals surface area contributed by atoms with Crippen molar-refractivity contribution in [1.82, 2.24) is 9.55 Å². The summed E-state index contributed by atoms with van der Waals surface area (Å²) in [6.07, 6.45) is 4.84. The molecule has 1 aromatic heterocycles. The molecule has 4 nitrogen and oxygen atoms in total. The van der Waals surface area contributed by atoms with Gasteiger partial charge >= 0.3 is 5.97 Å². The molecule has 0 bridgehead atoms. The molecule has 1 fully saturated rings. The quantitative estimate of drug-likeness (QED) is 0.940. The second kappa shape index (κ2) is 5.13. The summed E-state index contributed by atoms with van der Waals surface area (Å²) >= 11 is 0. The Morgan fingerprint density at radius 2 is 2.14 bits per heavy atom. The van der Waals surface area contributed by atoms with E-state index in [0.29, 0.717) is 6.42 Å². The fourth-order valence-corrected chi connectivity index (χ4v) is 3.57. The maximum Gasteiger partial charge on any atom is 0.303 e. The van der Waals surface area contributed by atoms with Crippen LogP contribution in [0.1, 0.15) is 37.9 Å². The second-order valence-electron chi connectivity index (χ2n) is 6.17. The average Bonchev–Trinajstić information content (AvgIpc) is 2.97. The minimum Gasteiger partial charge on any atom is -0.481 e. The number of halogens is 1. The molecule has 3 rings (SSSR count). The summed E-state index contributed by atoms with van der Waals surface area (Å²) in [4.78, 5) is 15.7. The summed E-state index contributed by atoms with van der Waals surface area (Å²) in [5.74, 6) is -0.182. The number of imidazole rings is 1. The third-order valence-corrected chi connectivity index (χ3v) is 4.66. The standard InChI is InChI=1S/C16H19FN2O2/c1-19-13-8-11(17)4-5-12(13)18-14(19)9-16(10-15(20)21)6-2-3-7-16/h4-5,8H,2-3,6-7,9-10H2,1H3,(H,20,21). The molecule has 0 saturated heterocycles. The molecule has 1 heterocycles. The van der Waals surface area contributed by atoms with Crippen LogP contribution in [0.5, 0.6) is 0 Å². The van der Waals surface area contributed by atoms with E-state index < -0.39 is 5.97 Å². The van der Waals surface area contributed by atoms with Crippen molar-refractivity contribution in [2.24, 2.45) is 12.5 Å². The van der Waals surface area contributed by atoms with Gasteiger partial charge in [0, 0.05) is 13.5 Å². The van der Waals surface area contributed by atoms with E-state index in [-0.39, 0.29) is 17.7 Å². The van der Waals surface area contributed by atoms with Gasteiger partial charge in [-0.05, 0) is 36.5 Å². The van der Waals surface area contributed by atoms with Crippen molar-refractivity contribution >= 4 is 17.0 Å². The lowest BCUT2D eigenvalue weighted by atomic mass is 9.79. The predicted octanol–water partition coefficient (Wildman–Crippen LogP) is 3.29. The largest absolute Gasteiger partial charge is 0.481 e. The Morgan fingerprint density at radius 1 is 1.43 bits per heavy atom. The van der Waals surface area contributed by atoms with Gasteiger partial charge in [0.25, 0.3) is 0 Å². The van der Waals surface area contributed by atoms with Gasteiger partial charge in [-0.3, -0.25) is 4.79 Å². The highest BCUT2D eigenvalue weighted by molar-refractivity contribution is 5.76. The van der Waals surface area contributed by atoms with Gasteiger partial charge in [-0.2, -0.15) is 0 Å². The molecule has 21 heavy (non-hydrogen) atoms. The van der Waals surface area contributed by atoms with Crippen molar-refractivity contribution in [3.8, 4) is 0 Å². The first kappa shape index (κ1) is 14.0. The van der Waals surface area contributed by atoms with E-state index in [2.05, 4.69) is 4.98 Å². The molecule has 0 spiro atoms. The van der Waals surface area contributed by atoms with Crippen LogP contribution >= 0.6 is 0 Å². The summed E-state index contributed by atoms with van der Waals surface area (Å²) in [6, 6.07) is 4.55. The van der Waals surface area contributed by atoms with Crippen LogP contribution in [0.4, 0.5) is 4.39 Å². The van der Waals surface area contributed by atoms with Crippen LogP contribution in [0.2, 0.25) is 0 Å². The zero-order valence-electron chi connectivity index (χ0n) is 12.1. The zero-order chi connectivity index (χ0) is 15.0. The Bertz CT molecular complexity index is 687. The number of aliphatic carboxylic acids is 1.